The van der Waals surface area contributed by atoms with Gasteiger partial charge in [-0.05, 0) is 22.0 Å². The van der Waals surface area contributed by atoms with Crippen LogP contribution in [-0.4, -0.2) is 50.2 Å². The Kier molecular flexibility index (Phi) is 5.62. The van der Waals surface area contributed by atoms with Crippen molar-refractivity contribution in [3.05, 3.63) is 20.8 Å². The lowest BCUT2D eigenvalue weighted by Crippen LogP contribution is -2.41. The van der Waals surface area contributed by atoms with Crippen LogP contribution in [0.5, 0.6) is 0 Å². The van der Waals surface area contributed by atoms with Crippen LogP contribution in [0.2, 0.25) is 0 Å². The third kappa shape index (κ3) is 4.68. The lowest BCUT2D eigenvalue weighted by Gasteiger charge is -2.26. The first-order valence-corrected chi connectivity index (χ1v) is 7.71. The van der Waals surface area contributed by atoms with E-state index in [0.29, 0.717) is 13.0 Å². The van der Waals surface area contributed by atoms with Crippen molar-refractivity contribution < 1.29 is 9.53 Å². The van der Waals surface area contributed by atoms with Crippen molar-refractivity contribution in [2.45, 2.75) is 6.42 Å². The maximum absolute atomic E-state index is 11.7. The Morgan fingerprint density at radius 1 is 1.50 bits per heavy atom. The minimum atomic E-state index is 0.0950. The first kappa shape index (κ1) is 14.0. The van der Waals surface area contributed by atoms with Crippen LogP contribution in [0, 0.1) is 0 Å². The van der Waals surface area contributed by atoms with E-state index in [9.17, 15) is 4.79 Å². The number of nitrogens with zero attached hydrogens (tertiary/aromatic N) is 1. The quantitative estimate of drug-likeness (QED) is 0.888. The Morgan fingerprint density at radius 2 is 2.28 bits per heavy atom. The molecule has 100 valence electrons. The van der Waals surface area contributed by atoms with E-state index < -0.39 is 0 Å². The second-order valence-electron chi connectivity index (χ2n) is 4.21. The molecule has 0 saturated carbocycles. The van der Waals surface area contributed by atoms with Gasteiger partial charge in [0.25, 0.3) is 0 Å². The van der Waals surface area contributed by atoms with Gasteiger partial charge in [-0.3, -0.25) is 9.69 Å². The third-order valence-corrected chi connectivity index (χ3v) is 4.51. The van der Waals surface area contributed by atoms with Crippen LogP contribution in [0.4, 0.5) is 0 Å². The molecular weight excluding hydrogens is 316 g/mol. The molecule has 1 N–H and O–H groups in total. The van der Waals surface area contributed by atoms with E-state index in [1.165, 1.54) is 0 Å². The molecule has 0 aromatic carbocycles. The summed E-state index contributed by atoms with van der Waals surface area (Å²) in [5, 5.41) is 4.95. The van der Waals surface area contributed by atoms with Gasteiger partial charge >= 0.3 is 0 Å². The average molecular weight is 333 g/mol. The van der Waals surface area contributed by atoms with Crippen LogP contribution in [0.3, 0.4) is 0 Å². The Hall–Kier alpha value is -0.430. The molecule has 2 heterocycles. The van der Waals surface area contributed by atoms with Crippen LogP contribution in [0.1, 0.15) is 4.88 Å². The molecule has 0 spiro atoms. The predicted octanol–water partition coefficient (Wildman–Crippen LogP) is 1.50. The van der Waals surface area contributed by atoms with Crippen LogP contribution < -0.4 is 5.32 Å². The van der Waals surface area contributed by atoms with E-state index in [4.69, 9.17) is 4.74 Å². The first-order valence-electron chi connectivity index (χ1n) is 6.04. The van der Waals surface area contributed by atoms with Gasteiger partial charge in [0.15, 0.2) is 0 Å². The average Bonchev–Trinajstić information content (AvgIpc) is 2.76. The van der Waals surface area contributed by atoms with E-state index >= 15 is 0 Å². The number of halogens is 1. The fourth-order valence-electron chi connectivity index (χ4n) is 1.85. The molecule has 0 atom stereocenters. The minimum absolute atomic E-state index is 0.0950. The Labute approximate surface area is 119 Å². The number of carbonyl (C=O) groups excluding carboxylic acids is 1. The zero-order valence-electron chi connectivity index (χ0n) is 10.2. The number of amides is 1. The highest BCUT2D eigenvalue weighted by molar-refractivity contribution is 9.10. The van der Waals surface area contributed by atoms with Gasteiger partial charge in [-0.1, -0.05) is 0 Å². The number of carbonyl (C=O) groups is 1. The zero-order chi connectivity index (χ0) is 12.8. The number of hydrogen-bond acceptors (Lipinski definition) is 4. The van der Waals surface area contributed by atoms with Crippen molar-refractivity contribution in [1.29, 1.82) is 0 Å². The molecule has 0 unspecified atom stereocenters. The molecule has 6 heteroatoms. The van der Waals surface area contributed by atoms with Gasteiger partial charge in [-0.15, -0.1) is 11.3 Å². The highest BCUT2D eigenvalue weighted by Crippen LogP contribution is 2.19. The fraction of sp³-hybridized carbons (Fsp3) is 0.583. The number of rotatable bonds is 5. The molecule has 1 saturated heterocycles. The van der Waals surface area contributed by atoms with Gasteiger partial charge in [0.1, 0.15) is 0 Å². The lowest BCUT2D eigenvalue weighted by atomic mass is 10.3. The molecule has 1 aliphatic rings. The SMILES string of the molecule is O=C(Cc1cc(Br)cs1)NCCN1CCOCC1. The molecule has 1 amide bonds. The van der Waals surface area contributed by atoms with Crippen molar-refractivity contribution >= 4 is 33.2 Å². The van der Waals surface area contributed by atoms with Crippen molar-refractivity contribution in [3.63, 3.8) is 0 Å². The van der Waals surface area contributed by atoms with E-state index in [1.807, 2.05) is 11.4 Å². The molecule has 0 bridgehead atoms. The standard InChI is InChI=1S/C12H17BrN2O2S/c13-10-7-11(18-9-10)8-12(16)14-1-2-15-3-5-17-6-4-15/h7,9H,1-6,8H2,(H,14,16). The molecule has 1 aromatic heterocycles. The van der Waals surface area contributed by atoms with E-state index in [1.54, 1.807) is 11.3 Å². The summed E-state index contributed by atoms with van der Waals surface area (Å²) in [4.78, 5) is 15.1. The molecule has 0 radical (unpaired) electrons. The van der Waals surface area contributed by atoms with E-state index in [0.717, 1.165) is 42.2 Å². The zero-order valence-corrected chi connectivity index (χ0v) is 12.6. The molecule has 1 fully saturated rings. The molecule has 18 heavy (non-hydrogen) atoms. The maximum atomic E-state index is 11.7. The van der Waals surface area contributed by atoms with E-state index in [2.05, 4.69) is 26.1 Å². The second kappa shape index (κ2) is 7.23. The molecular formula is C12H17BrN2O2S. The Bertz CT molecular complexity index is 391. The van der Waals surface area contributed by atoms with Crippen molar-refractivity contribution in [1.82, 2.24) is 10.2 Å². The van der Waals surface area contributed by atoms with Crippen molar-refractivity contribution in [2.24, 2.45) is 0 Å². The van der Waals surface area contributed by atoms with Gasteiger partial charge in [0.05, 0.1) is 19.6 Å². The Balaban J connectivity index is 1.62. The van der Waals surface area contributed by atoms with Crippen LogP contribution in [0.15, 0.2) is 15.9 Å². The number of morpholine rings is 1. The van der Waals surface area contributed by atoms with Crippen LogP contribution in [-0.2, 0) is 16.0 Å². The summed E-state index contributed by atoms with van der Waals surface area (Å²) in [5.74, 6) is 0.0950. The van der Waals surface area contributed by atoms with Crippen molar-refractivity contribution in [2.75, 3.05) is 39.4 Å². The van der Waals surface area contributed by atoms with Gasteiger partial charge in [0, 0.05) is 40.9 Å². The minimum Gasteiger partial charge on any atom is -0.379 e. The highest BCUT2D eigenvalue weighted by atomic mass is 79.9. The van der Waals surface area contributed by atoms with Gasteiger partial charge in [-0.2, -0.15) is 0 Å². The summed E-state index contributed by atoms with van der Waals surface area (Å²) in [5.41, 5.74) is 0. The predicted molar refractivity (Wildman–Crippen MR) is 76.0 cm³/mol. The second-order valence-corrected chi connectivity index (χ2v) is 6.12. The summed E-state index contributed by atoms with van der Waals surface area (Å²) in [6.45, 7) is 5.16. The molecule has 0 aliphatic carbocycles. The van der Waals surface area contributed by atoms with Crippen molar-refractivity contribution in [3.8, 4) is 0 Å². The fourth-order valence-corrected chi connectivity index (χ4v) is 3.30. The van der Waals surface area contributed by atoms with Crippen LogP contribution >= 0.6 is 27.3 Å². The normalized spacial score (nSPS) is 16.7. The monoisotopic (exact) mass is 332 g/mol. The summed E-state index contributed by atoms with van der Waals surface area (Å²) in [6, 6.07) is 1.99. The number of nitrogens with one attached hydrogen (secondary N) is 1. The summed E-state index contributed by atoms with van der Waals surface area (Å²) in [7, 11) is 0. The lowest BCUT2D eigenvalue weighted by molar-refractivity contribution is -0.120. The Morgan fingerprint density at radius 3 is 2.94 bits per heavy atom. The summed E-state index contributed by atoms with van der Waals surface area (Å²) in [6.07, 6.45) is 0.472. The number of thiophene rings is 1. The first-order chi connectivity index (χ1) is 8.74. The summed E-state index contributed by atoms with van der Waals surface area (Å²) < 4.78 is 6.32. The third-order valence-electron chi connectivity index (χ3n) is 2.81. The van der Waals surface area contributed by atoms with Gasteiger partial charge < -0.3 is 10.1 Å². The molecule has 1 aliphatic heterocycles. The molecule has 1 aromatic rings. The largest absolute Gasteiger partial charge is 0.379 e. The summed E-state index contributed by atoms with van der Waals surface area (Å²) >= 11 is 4.99. The van der Waals surface area contributed by atoms with Crippen LogP contribution in [0.25, 0.3) is 0 Å². The van der Waals surface area contributed by atoms with E-state index in [-0.39, 0.29) is 5.91 Å². The maximum Gasteiger partial charge on any atom is 0.225 e. The number of ether oxygens (including phenoxy) is 1. The molecule has 4 nitrogen and oxygen atoms in total. The molecule has 2 rings (SSSR count). The van der Waals surface area contributed by atoms with Gasteiger partial charge in [0.2, 0.25) is 5.91 Å². The smallest absolute Gasteiger partial charge is 0.225 e. The highest BCUT2D eigenvalue weighted by Gasteiger charge is 2.10. The number of hydrogen-bond donors (Lipinski definition) is 1. The topological polar surface area (TPSA) is 41.6 Å². The van der Waals surface area contributed by atoms with Gasteiger partial charge in [-0.25, -0.2) is 0 Å².